The summed E-state index contributed by atoms with van der Waals surface area (Å²) in [6.45, 7) is 5.22. The van der Waals surface area contributed by atoms with Crippen molar-refractivity contribution < 1.29 is 4.79 Å². The second-order valence-electron chi connectivity index (χ2n) is 8.25. The number of urea groups is 1. The molecule has 0 radical (unpaired) electrons. The van der Waals surface area contributed by atoms with Crippen LogP contribution in [0.25, 0.3) is 11.4 Å². The van der Waals surface area contributed by atoms with Crippen molar-refractivity contribution in [1.29, 1.82) is 0 Å². The molecule has 5 rings (SSSR count). The third kappa shape index (κ3) is 4.27. The van der Waals surface area contributed by atoms with Gasteiger partial charge in [-0.15, -0.1) is 0 Å². The van der Waals surface area contributed by atoms with Crippen LogP contribution < -0.4 is 0 Å². The molecule has 1 saturated heterocycles. The van der Waals surface area contributed by atoms with Crippen molar-refractivity contribution in [3.8, 4) is 11.4 Å². The third-order valence-electron chi connectivity index (χ3n) is 6.04. The van der Waals surface area contributed by atoms with E-state index in [1.165, 1.54) is 16.7 Å². The van der Waals surface area contributed by atoms with Gasteiger partial charge in [0.25, 0.3) is 0 Å². The van der Waals surface area contributed by atoms with Crippen LogP contribution >= 0.6 is 0 Å². The summed E-state index contributed by atoms with van der Waals surface area (Å²) in [4.78, 5) is 31.8. The number of nitrogens with zero attached hydrogens (tertiary/aromatic N) is 6. The van der Waals surface area contributed by atoms with E-state index >= 15 is 0 Å². The smallest absolute Gasteiger partial charge is 0.319 e. The van der Waals surface area contributed by atoms with Gasteiger partial charge in [0.05, 0.1) is 11.4 Å². The molecule has 2 aromatic heterocycles. The van der Waals surface area contributed by atoms with Crippen LogP contribution in [0.2, 0.25) is 0 Å². The lowest BCUT2D eigenvalue weighted by atomic mass is 10.0. The van der Waals surface area contributed by atoms with Crippen molar-refractivity contribution >= 4 is 6.03 Å². The van der Waals surface area contributed by atoms with Gasteiger partial charge in [0, 0.05) is 65.1 Å². The molecule has 2 aliphatic heterocycles. The van der Waals surface area contributed by atoms with E-state index in [2.05, 4.69) is 33.1 Å². The number of rotatable bonds is 6. The fourth-order valence-corrected chi connectivity index (χ4v) is 4.28. The second-order valence-corrected chi connectivity index (χ2v) is 8.25. The predicted molar refractivity (Wildman–Crippen MR) is 118 cm³/mol. The van der Waals surface area contributed by atoms with Crippen LogP contribution in [0.15, 0.2) is 54.9 Å². The van der Waals surface area contributed by atoms with Gasteiger partial charge < -0.3 is 9.80 Å². The lowest BCUT2D eigenvalue weighted by Crippen LogP contribution is -2.35. The fraction of sp³-hybridized carbons (Fsp3) is 0.333. The molecule has 1 aromatic carbocycles. The Morgan fingerprint density at radius 1 is 0.903 bits per heavy atom. The average molecular weight is 415 g/mol. The molecular weight excluding hydrogens is 388 g/mol. The van der Waals surface area contributed by atoms with Gasteiger partial charge in [-0.05, 0) is 34.9 Å². The molecule has 4 heterocycles. The van der Waals surface area contributed by atoms with Gasteiger partial charge in [-0.25, -0.2) is 14.8 Å². The molecule has 2 amide bonds. The predicted octanol–water partition coefficient (Wildman–Crippen LogP) is 2.81. The summed E-state index contributed by atoms with van der Waals surface area (Å²) in [5.41, 5.74) is 5.66. The Kier molecular flexibility index (Phi) is 5.34. The zero-order valence-electron chi connectivity index (χ0n) is 17.7. The van der Waals surface area contributed by atoms with Crippen LogP contribution in [-0.4, -0.2) is 68.9 Å². The molecule has 3 aromatic rings. The van der Waals surface area contributed by atoms with E-state index in [4.69, 9.17) is 4.98 Å². The Labute approximate surface area is 182 Å². The Morgan fingerprint density at radius 2 is 1.81 bits per heavy atom. The maximum Gasteiger partial charge on any atom is 0.319 e. The van der Waals surface area contributed by atoms with Crippen molar-refractivity contribution in [2.75, 3.05) is 33.2 Å². The molecule has 2 aliphatic rings. The summed E-state index contributed by atoms with van der Waals surface area (Å²) in [6.07, 6.45) is 4.28. The summed E-state index contributed by atoms with van der Waals surface area (Å²) in [5.74, 6) is 0.801. The molecule has 0 bridgehead atoms. The van der Waals surface area contributed by atoms with E-state index in [0.717, 1.165) is 56.5 Å². The molecule has 0 saturated carbocycles. The molecule has 0 aliphatic carbocycles. The zero-order valence-corrected chi connectivity index (χ0v) is 17.7. The first kappa shape index (κ1) is 19.6. The molecule has 158 valence electrons. The molecule has 0 N–H and O–H groups in total. The maximum absolute atomic E-state index is 12.1. The Morgan fingerprint density at radius 3 is 2.61 bits per heavy atom. The first-order valence-corrected chi connectivity index (χ1v) is 10.7. The fourth-order valence-electron chi connectivity index (χ4n) is 4.28. The molecule has 0 atom stereocenters. The second kappa shape index (κ2) is 8.43. The minimum atomic E-state index is 0.145. The van der Waals surface area contributed by atoms with Gasteiger partial charge >= 0.3 is 6.03 Å². The summed E-state index contributed by atoms with van der Waals surface area (Å²) < 4.78 is 0. The van der Waals surface area contributed by atoms with Gasteiger partial charge in [-0.3, -0.25) is 9.88 Å². The maximum atomic E-state index is 12.1. The van der Waals surface area contributed by atoms with Crippen LogP contribution in [0, 0.1) is 0 Å². The normalized spacial score (nSPS) is 16.2. The highest BCUT2D eigenvalue weighted by Gasteiger charge is 2.26. The van der Waals surface area contributed by atoms with Crippen LogP contribution in [-0.2, 0) is 19.5 Å². The molecule has 31 heavy (non-hydrogen) atoms. The van der Waals surface area contributed by atoms with Crippen molar-refractivity contribution in [3.63, 3.8) is 0 Å². The van der Waals surface area contributed by atoms with Crippen molar-refractivity contribution in [1.82, 2.24) is 29.7 Å². The Hall–Kier alpha value is -3.32. The summed E-state index contributed by atoms with van der Waals surface area (Å²) in [7, 11) is 1.87. The lowest BCUT2D eigenvalue weighted by Gasteiger charge is -2.20. The summed E-state index contributed by atoms with van der Waals surface area (Å²) >= 11 is 0. The highest BCUT2D eigenvalue weighted by molar-refractivity contribution is 5.76. The van der Waals surface area contributed by atoms with Gasteiger partial charge in [0.2, 0.25) is 0 Å². The lowest BCUT2D eigenvalue weighted by molar-refractivity contribution is 0.187. The average Bonchev–Trinajstić information content (AvgIpc) is 3.35. The highest BCUT2D eigenvalue weighted by atomic mass is 16.2. The number of hydrogen-bond acceptors (Lipinski definition) is 5. The molecule has 1 fully saturated rings. The van der Waals surface area contributed by atoms with E-state index in [0.29, 0.717) is 6.42 Å². The summed E-state index contributed by atoms with van der Waals surface area (Å²) in [6, 6.07) is 14.6. The number of aromatic nitrogens is 3. The number of carbonyl (C=O) groups excluding carboxylic acids is 1. The molecule has 7 nitrogen and oxygen atoms in total. The number of pyridine rings is 1. The Balaban J connectivity index is 1.22. The largest absolute Gasteiger partial charge is 0.326 e. The quantitative estimate of drug-likeness (QED) is 0.621. The van der Waals surface area contributed by atoms with Gasteiger partial charge in [0.15, 0.2) is 0 Å². The molecule has 0 spiro atoms. The highest BCUT2D eigenvalue weighted by Crippen LogP contribution is 2.25. The monoisotopic (exact) mass is 414 g/mol. The SMILES string of the molecule is CN1CCN(CCN2Cc3ccc(Cc4nccc(-c5ccccn5)n4)cc3C2)C1=O. The zero-order chi connectivity index (χ0) is 21.2. The number of hydrogen-bond donors (Lipinski definition) is 0. The van der Waals surface area contributed by atoms with Gasteiger partial charge in [-0.1, -0.05) is 24.3 Å². The van der Waals surface area contributed by atoms with E-state index in [1.807, 2.05) is 36.2 Å². The topological polar surface area (TPSA) is 65.5 Å². The van der Waals surface area contributed by atoms with Crippen LogP contribution in [0.5, 0.6) is 0 Å². The number of amides is 2. The van der Waals surface area contributed by atoms with Crippen molar-refractivity contribution in [3.05, 3.63) is 77.4 Å². The molecule has 7 heteroatoms. The van der Waals surface area contributed by atoms with Crippen LogP contribution in [0.4, 0.5) is 4.79 Å². The third-order valence-corrected chi connectivity index (χ3v) is 6.04. The first-order valence-electron chi connectivity index (χ1n) is 10.7. The van der Waals surface area contributed by atoms with E-state index in [1.54, 1.807) is 17.3 Å². The summed E-state index contributed by atoms with van der Waals surface area (Å²) in [5, 5.41) is 0. The number of carbonyl (C=O) groups is 1. The number of benzene rings is 1. The van der Waals surface area contributed by atoms with E-state index in [-0.39, 0.29) is 6.03 Å². The number of likely N-dealkylation sites (N-methyl/N-ethyl adjacent to an activating group) is 1. The van der Waals surface area contributed by atoms with Crippen LogP contribution in [0.3, 0.4) is 0 Å². The van der Waals surface area contributed by atoms with Gasteiger partial charge in [-0.2, -0.15) is 0 Å². The van der Waals surface area contributed by atoms with E-state index in [9.17, 15) is 4.79 Å². The first-order chi connectivity index (χ1) is 15.2. The standard InChI is InChI=1S/C24H26N6O/c1-28-10-12-30(24(28)31)13-11-29-16-19-6-5-18(14-20(19)17-29)15-23-26-9-7-22(27-23)21-4-2-3-8-25-21/h2-9,14H,10-13,15-17H2,1H3. The minimum Gasteiger partial charge on any atom is -0.326 e. The van der Waals surface area contributed by atoms with Crippen molar-refractivity contribution in [2.24, 2.45) is 0 Å². The van der Waals surface area contributed by atoms with Crippen molar-refractivity contribution in [2.45, 2.75) is 19.5 Å². The van der Waals surface area contributed by atoms with E-state index < -0.39 is 0 Å². The van der Waals surface area contributed by atoms with Crippen LogP contribution in [0.1, 0.15) is 22.5 Å². The Bertz CT molecular complexity index is 1090. The minimum absolute atomic E-state index is 0.145. The number of fused-ring (bicyclic) bond motifs is 1. The van der Waals surface area contributed by atoms with Gasteiger partial charge in [0.1, 0.15) is 5.82 Å². The molecular formula is C24H26N6O. The molecule has 0 unspecified atom stereocenters.